The first kappa shape index (κ1) is 16.8. The molecular weight excluding hydrogens is 240 g/mol. The maximum Gasteiger partial charge on any atom is 0.150 e. The van der Waals surface area contributed by atoms with Crippen molar-refractivity contribution >= 4 is 9.84 Å². The number of ether oxygens (including phenoxy) is 1. The van der Waals surface area contributed by atoms with E-state index in [1.807, 2.05) is 13.8 Å². The molecule has 0 aliphatic heterocycles. The van der Waals surface area contributed by atoms with E-state index in [9.17, 15) is 8.42 Å². The second-order valence-corrected chi connectivity index (χ2v) is 7.38. The Balaban J connectivity index is 4.08. The van der Waals surface area contributed by atoms with Crippen LogP contribution in [0.5, 0.6) is 0 Å². The zero-order valence-corrected chi connectivity index (χ0v) is 12.1. The summed E-state index contributed by atoms with van der Waals surface area (Å²) in [7, 11) is -1.21. The van der Waals surface area contributed by atoms with Crippen molar-refractivity contribution in [2.24, 2.45) is 5.84 Å². The lowest BCUT2D eigenvalue weighted by atomic mass is 9.96. The number of nitrogens with two attached hydrogens (primary N) is 1. The van der Waals surface area contributed by atoms with Crippen molar-refractivity contribution in [1.82, 2.24) is 5.43 Å². The highest BCUT2D eigenvalue weighted by Crippen LogP contribution is 2.18. The van der Waals surface area contributed by atoms with Crippen LogP contribution in [0.25, 0.3) is 0 Å². The number of sulfone groups is 1. The number of rotatable bonds is 9. The molecule has 0 saturated carbocycles. The van der Waals surface area contributed by atoms with Gasteiger partial charge in [-0.05, 0) is 33.1 Å². The molecule has 6 heteroatoms. The van der Waals surface area contributed by atoms with Gasteiger partial charge in [0.2, 0.25) is 0 Å². The number of hydrazine groups is 1. The van der Waals surface area contributed by atoms with Crippen LogP contribution in [0.15, 0.2) is 0 Å². The lowest BCUT2D eigenvalue weighted by Crippen LogP contribution is -2.41. The molecule has 0 spiro atoms. The van der Waals surface area contributed by atoms with Crippen molar-refractivity contribution in [1.29, 1.82) is 0 Å². The minimum Gasteiger partial charge on any atom is -0.379 e. The number of methoxy groups -OCH3 is 1. The Morgan fingerprint density at radius 2 is 2.00 bits per heavy atom. The van der Waals surface area contributed by atoms with Gasteiger partial charge in [0.15, 0.2) is 0 Å². The van der Waals surface area contributed by atoms with Crippen LogP contribution in [-0.4, -0.2) is 38.7 Å². The van der Waals surface area contributed by atoms with Gasteiger partial charge in [0.05, 0.1) is 11.4 Å². The Kier molecular flexibility index (Phi) is 7.23. The summed E-state index contributed by atoms with van der Waals surface area (Å²) in [6, 6.07) is 0.0806. The minimum atomic E-state index is -2.87. The molecule has 1 unspecified atom stereocenters. The summed E-state index contributed by atoms with van der Waals surface area (Å²) in [5.41, 5.74) is 2.47. The molecule has 0 amide bonds. The van der Waals surface area contributed by atoms with E-state index in [4.69, 9.17) is 10.6 Å². The fraction of sp³-hybridized carbons (Fsp3) is 1.00. The minimum absolute atomic E-state index is 0.0806. The summed E-state index contributed by atoms with van der Waals surface area (Å²) < 4.78 is 28.0. The fourth-order valence-electron chi connectivity index (χ4n) is 1.62. The summed E-state index contributed by atoms with van der Waals surface area (Å²) in [5, 5.41) is 0. The Morgan fingerprint density at radius 1 is 1.41 bits per heavy atom. The van der Waals surface area contributed by atoms with Crippen LogP contribution in [-0.2, 0) is 14.6 Å². The van der Waals surface area contributed by atoms with Crippen molar-refractivity contribution in [3.05, 3.63) is 0 Å². The van der Waals surface area contributed by atoms with Crippen LogP contribution in [0.3, 0.4) is 0 Å². The van der Waals surface area contributed by atoms with E-state index < -0.39 is 9.84 Å². The molecule has 0 fully saturated rings. The highest BCUT2D eigenvalue weighted by Gasteiger charge is 2.22. The first-order chi connectivity index (χ1) is 7.76. The summed E-state index contributed by atoms with van der Waals surface area (Å²) in [6.07, 6.45) is 2.12. The lowest BCUT2D eigenvalue weighted by molar-refractivity contribution is 0.00633. The first-order valence-corrected chi connectivity index (χ1v) is 7.80. The average molecular weight is 266 g/mol. The van der Waals surface area contributed by atoms with Gasteiger partial charge in [0.25, 0.3) is 0 Å². The molecule has 3 N–H and O–H groups in total. The zero-order valence-electron chi connectivity index (χ0n) is 11.3. The smallest absolute Gasteiger partial charge is 0.150 e. The molecular formula is C11H26N2O3S. The molecule has 0 bridgehead atoms. The molecule has 0 rings (SSSR count). The van der Waals surface area contributed by atoms with E-state index >= 15 is 0 Å². The van der Waals surface area contributed by atoms with Gasteiger partial charge in [0.1, 0.15) is 9.84 Å². The van der Waals surface area contributed by atoms with Crippen molar-refractivity contribution in [3.63, 3.8) is 0 Å². The van der Waals surface area contributed by atoms with Gasteiger partial charge in [-0.3, -0.25) is 11.3 Å². The van der Waals surface area contributed by atoms with Gasteiger partial charge in [-0.1, -0.05) is 6.92 Å². The van der Waals surface area contributed by atoms with Crippen molar-refractivity contribution in [2.45, 2.75) is 51.7 Å². The average Bonchev–Trinajstić information content (AvgIpc) is 2.27. The Morgan fingerprint density at radius 3 is 2.41 bits per heavy atom. The molecule has 0 aromatic rings. The highest BCUT2D eigenvalue weighted by molar-refractivity contribution is 7.91. The molecule has 0 heterocycles. The monoisotopic (exact) mass is 266 g/mol. The van der Waals surface area contributed by atoms with Gasteiger partial charge < -0.3 is 4.74 Å². The van der Waals surface area contributed by atoms with Gasteiger partial charge in [-0.2, -0.15) is 0 Å². The second kappa shape index (κ2) is 7.31. The molecule has 0 saturated heterocycles. The van der Waals surface area contributed by atoms with Crippen LogP contribution in [0.1, 0.15) is 40.0 Å². The number of hydrogen-bond acceptors (Lipinski definition) is 5. The van der Waals surface area contributed by atoms with Crippen LogP contribution in [0.2, 0.25) is 0 Å². The van der Waals surface area contributed by atoms with E-state index in [-0.39, 0.29) is 23.1 Å². The second-order valence-electron chi connectivity index (χ2n) is 4.91. The third kappa shape index (κ3) is 7.70. The molecule has 5 nitrogen and oxygen atoms in total. The predicted octanol–water partition coefficient (Wildman–Crippen LogP) is 0.848. The van der Waals surface area contributed by atoms with E-state index in [0.717, 1.165) is 12.8 Å². The quantitative estimate of drug-likeness (QED) is 0.477. The maximum absolute atomic E-state index is 11.3. The van der Waals surface area contributed by atoms with Crippen molar-refractivity contribution < 1.29 is 13.2 Å². The third-order valence-corrected chi connectivity index (χ3v) is 4.76. The SMILES string of the molecule is CCS(=O)(=O)CCCC(CC(C)(C)OC)NN. The van der Waals surface area contributed by atoms with Gasteiger partial charge in [-0.15, -0.1) is 0 Å². The van der Waals surface area contributed by atoms with Gasteiger partial charge in [0, 0.05) is 18.9 Å². The molecule has 0 aromatic carbocycles. The largest absolute Gasteiger partial charge is 0.379 e. The van der Waals surface area contributed by atoms with E-state index in [2.05, 4.69) is 5.43 Å². The topological polar surface area (TPSA) is 81.4 Å². The van der Waals surface area contributed by atoms with E-state index in [1.54, 1.807) is 14.0 Å². The lowest BCUT2D eigenvalue weighted by Gasteiger charge is -2.28. The Labute approximate surface area is 105 Å². The summed E-state index contributed by atoms with van der Waals surface area (Å²) in [6.45, 7) is 5.64. The Hall–Kier alpha value is -0.170. The van der Waals surface area contributed by atoms with Gasteiger partial charge >= 0.3 is 0 Å². The van der Waals surface area contributed by atoms with Crippen molar-refractivity contribution in [2.75, 3.05) is 18.6 Å². The van der Waals surface area contributed by atoms with Crippen molar-refractivity contribution in [3.8, 4) is 0 Å². The third-order valence-electron chi connectivity index (χ3n) is 2.97. The van der Waals surface area contributed by atoms with Crippen LogP contribution in [0, 0.1) is 0 Å². The number of hydrogen-bond donors (Lipinski definition) is 2. The Bertz CT molecular complexity index is 302. The van der Waals surface area contributed by atoms with E-state index in [0.29, 0.717) is 6.42 Å². The first-order valence-electron chi connectivity index (χ1n) is 5.98. The zero-order chi connectivity index (χ0) is 13.5. The fourth-order valence-corrected chi connectivity index (χ4v) is 2.51. The summed E-state index contributed by atoms with van der Waals surface area (Å²) in [5.74, 6) is 5.90. The molecule has 0 radical (unpaired) electrons. The maximum atomic E-state index is 11.3. The predicted molar refractivity (Wildman–Crippen MR) is 70.4 cm³/mol. The molecule has 0 aliphatic rings. The number of nitrogens with one attached hydrogen (secondary N) is 1. The summed E-state index contributed by atoms with van der Waals surface area (Å²) in [4.78, 5) is 0. The molecule has 104 valence electrons. The highest BCUT2D eigenvalue weighted by atomic mass is 32.2. The standard InChI is InChI=1S/C11H26N2O3S/c1-5-17(14,15)8-6-7-10(13-12)9-11(2,3)16-4/h10,13H,5-9,12H2,1-4H3. The molecule has 1 atom stereocenters. The molecule has 0 aromatic heterocycles. The van der Waals surface area contributed by atoms with Crippen LogP contribution < -0.4 is 11.3 Å². The molecule has 17 heavy (non-hydrogen) atoms. The normalized spacial score (nSPS) is 14.9. The summed E-state index contributed by atoms with van der Waals surface area (Å²) >= 11 is 0. The molecule has 0 aliphatic carbocycles. The van der Waals surface area contributed by atoms with Crippen LogP contribution in [0.4, 0.5) is 0 Å². The van der Waals surface area contributed by atoms with E-state index in [1.165, 1.54) is 0 Å². The van der Waals surface area contributed by atoms with Crippen LogP contribution >= 0.6 is 0 Å². The van der Waals surface area contributed by atoms with Gasteiger partial charge in [-0.25, -0.2) is 8.42 Å².